The van der Waals surface area contributed by atoms with Crippen LogP contribution in [0.5, 0.6) is 0 Å². The Balaban J connectivity index is 2.22. The van der Waals surface area contributed by atoms with Gasteiger partial charge in [0.25, 0.3) is 0 Å². The predicted octanol–water partition coefficient (Wildman–Crippen LogP) is 6.58. The quantitative estimate of drug-likeness (QED) is 0.603. The number of rotatable bonds is 5. The van der Waals surface area contributed by atoms with Crippen LogP contribution in [0.15, 0.2) is 50.7 Å². The molecule has 0 saturated carbocycles. The maximum atomic E-state index is 6.21. The Hall–Kier alpha value is -0.190. The first-order valence-electron chi connectivity index (χ1n) is 6.67. The predicted molar refractivity (Wildman–Crippen MR) is 96.8 cm³/mol. The van der Waals surface area contributed by atoms with Crippen LogP contribution in [0.4, 0.5) is 0 Å². The van der Waals surface area contributed by atoms with E-state index in [2.05, 4.69) is 53.3 Å². The largest absolute Gasteiger partial charge is 0.310 e. The zero-order valence-corrected chi connectivity index (χ0v) is 15.7. The normalized spacial score (nSPS) is 12.4. The molecule has 0 fully saturated rings. The summed E-state index contributed by atoms with van der Waals surface area (Å²) in [6.45, 7) is 5.21. The van der Waals surface area contributed by atoms with E-state index < -0.39 is 0 Å². The Labute approximate surface area is 148 Å². The highest BCUT2D eigenvalue weighted by atomic mass is 79.9. The zero-order valence-electron chi connectivity index (χ0n) is 11.8. The lowest BCUT2D eigenvalue weighted by molar-refractivity contribution is 0.595. The van der Waals surface area contributed by atoms with E-state index in [-0.39, 0.29) is 0 Å². The lowest BCUT2D eigenvalue weighted by Crippen LogP contribution is -2.17. The van der Waals surface area contributed by atoms with Crippen LogP contribution in [0.1, 0.15) is 25.5 Å². The molecule has 0 saturated heterocycles. The standard InChI is InChI=1S/C16H16BrCl2NS/c1-3-20-10(2)13-6-5-12(9-14(13)17)21-16-8-11(18)4-7-15(16)19/h4-10,20H,3H2,1-2H3. The van der Waals surface area contributed by atoms with Gasteiger partial charge in [0.1, 0.15) is 0 Å². The van der Waals surface area contributed by atoms with Gasteiger partial charge >= 0.3 is 0 Å². The Morgan fingerprint density at radius 3 is 2.62 bits per heavy atom. The van der Waals surface area contributed by atoms with Crippen LogP contribution < -0.4 is 5.32 Å². The van der Waals surface area contributed by atoms with Gasteiger partial charge < -0.3 is 5.32 Å². The van der Waals surface area contributed by atoms with E-state index in [9.17, 15) is 0 Å². The molecule has 112 valence electrons. The second kappa shape index (κ2) is 7.89. The lowest BCUT2D eigenvalue weighted by atomic mass is 10.1. The fourth-order valence-electron chi connectivity index (χ4n) is 2.02. The summed E-state index contributed by atoms with van der Waals surface area (Å²) in [4.78, 5) is 2.09. The number of benzene rings is 2. The summed E-state index contributed by atoms with van der Waals surface area (Å²) >= 11 is 17.5. The van der Waals surface area contributed by atoms with Crippen molar-refractivity contribution in [2.75, 3.05) is 6.54 Å². The van der Waals surface area contributed by atoms with Crippen LogP contribution in [0.25, 0.3) is 0 Å². The fourth-order valence-corrected chi connectivity index (χ4v) is 4.28. The SMILES string of the molecule is CCNC(C)c1ccc(Sc2cc(Cl)ccc2Cl)cc1Br. The Morgan fingerprint density at radius 2 is 1.95 bits per heavy atom. The van der Waals surface area contributed by atoms with Crippen molar-refractivity contribution in [3.63, 3.8) is 0 Å². The molecule has 0 aromatic heterocycles. The van der Waals surface area contributed by atoms with Crippen LogP contribution >= 0.6 is 50.9 Å². The summed E-state index contributed by atoms with van der Waals surface area (Å²) in [5.41, 5.74) is 1.25. The van der Waals surface area contributed by atoms with E-state index >= 15 is 0 Å². The molecule has 0 aliphatic rings. The minimum absolute atomic E-state index is 0.318. The number of halogens is 3. The lowest BCUT2D eigenvalue weighted by Gasteiger charge is -2.15. The van der Waals surface area contributed by atoms with E-state index in [1.807, 2.05) is 12.1 Å². The average Bonchev–Trinajstić information content (AvgIpc) is 2.43. The molecule has 1 unspecified atom stereocenters. The zero-order chi connectivity index (χ0) is 15.4. The highest BCUT2D eigenvalue weighted by Crippen LogP contribution is 2.37. The molecule has 0 heterocycles. The smallest absolute Gasteiger partial charge is 0.0546 e. The summed E-state index contributed by atoms with van der Waals surface area (Å²) in [6.07, 6.45) is 0. The third kappa shape index (κ3) is 4.64. The van der Waals surface area contributed by atoms with Gasteiger partial charge in [-0.3, -0.25) is 0 Å². The van der Waals surface area contributed by atoms with Crippen molar-refractivity contribution in [1.29, 1.82) is 0 Å². The van der Waals surface area contributed by atoms with Crippen molar-refractivity contribution >= 4 is 50.9 Å². The monoisotopic (exact) mass is 403 g/mol. The van der Waals surface area contributed by atoms with Crippen molar-refractivity contribution in [1.82, 2.24) is 5.32 Å². The summed E-state index contributed by atoms with van der Waals surface area (Å²) in [5, 5.41) is 4.82. The third-order valence-corrected chi connectivity index (χ3v) is 5.48. The molecule has 5 heteroatoms. The molecule has 0 bridgehead atoms. The van der Waals surface area contributed by atoms with Gasteiger partial charge in [-0.25, -0.2) is 0 Å². The summed E-state index contributed by atoms with van der Waals surface area (Å²) in [6, 6.07) is 12.2. The maximum Gasteiger partial charge on any atom is 0.0546 e. The van der Waals surface area contributed by atoms with Gasteiger partial charge in [-0.15, -0.1) is 0 Å². The van der Waals surface area contributed by atoms with Crippen molar-refractivity contribution in [3.8, 4) is 0 Å². The van der Waals surface area contributed by atoms with Crippen molar-refractivity contribution in [2.24, 2.45) is 0 Å². The first-order chi connectivity index (χ1) is 10.0. The Morgan fingerprint density at radius 1 is 1.19 bits per heavy atom. The van der Waals surface area contributed by atoms with Crippen molar-refractivity contribution in [2.45, 2.75) is 29.7 Å². The van der Waals surface area contributed by atoms with Gasteiger partial charge in [0.2, 0.25) is 0 Å². The molecule has 0 spiro atoms. The number of hydrogen-bond donors (Lipinski definition) is 1. The first kappa shape index (κ1) is 17.2. The Bertz CT molecular complexity index is 634. The molecule has 1 nitrogen and oxygen atoms in total. The van der Waals surface area contributed by atoms with Gasteiger partial charge in [-0.2, -0.15) is 0 Å². The van der Waals surface area contributed by atoms with E-state index in [1.54, 1.807) is 17.8 Å². The molecule has 2 aromatic rings. The van der Waals surface area contributed by atoms with E-state index in [1.165, 1.54) is 5.56 Å². The molecule has 1 N–H and O–H groups in total. The molecular weight excluding hydrogens is 389 g/mol. The molecule has 0 amide bonds. The molecule has 1 atom stereocenters. The van der Waals surface area contributed by atoms with Gasteiger partial charge in [0.05, 0.1) is 5.02 Å². The minimum atomic E-state index is 0.318. The molecule has 0 aliphatic carbocycles. The van der Waals surface area contributed by atoms with Crippen LogP contribution in [0.2, 0.25) is 10.0 Å². The van der Waals surface area contributed by atoms with Crippen molar-refractivity contribution < 1.29 is 0 Å². The van der Waals surface area contributed by atoms with Gasteiger partial charge in [0, 0.05) is 25.3 Å². The van der Waals surface area contributed by atoms with Crippen LogP contribution in [-0.4, -0.2) is 6.54 Å². The summed E-state index contributed by atoms with van der Waals surface area (Å²) in [7, 11) is 0. The van der Waals surface area contributed by atoms with E-state index in [4.69, 9.17) is 23.2 Å². The minimum Gasteiger partial charge on any atom is -0.310 e. The summed E-state index contributed by atoms with van der Waals surface area (Å²) in [5.74, 6) is 0. The molecule has 0 radical (unpaired) electrons. The number of nitrogens with one attached hydrogen (secondary N) is 1. The molecule has 0 aliphatic heterocycles. The molecule has 2 rings (SSSR count). The summed E-state index contributed by atoms with van der Waals surface area (Å²) < 4.78 is 1.10. The highest BCUT2D eigenvalue weighted by Gasteiger charge is 2.10. The van der Waals surface area contributed by atoms with Gasteiger partial charge in [-0.05, 0) is 49.4 Å². The number of hydrogen-bond acceptors (Lipinski definition) is 2. The molecular formula is C16H16BrCl2NS. The topological polar surface area (TPSA) is 12.0 Å². The Kier molecular flexibility index (Phi) is 6.45. The van der Waals surface area contributed by atoms with Crippen LogP contribution in [-0.2, 0) is 0 Å². The first-order valence-corrected chi connectivity index (χ1v) is 9.03. The van der Waals surface area contributed by atoms with Gasteiger partial charge in [-0.1, -0.05) is 63.9 Å². The fraction of sp³-hybridized carbons (Fsp3) is 0.250. The highest BCUT2D eigenvalue weighted by molar-refractivity contribution is 9.10. The van der Waals surface area contributed by atoms with Crippen LogP contribution in [0.3, 0.4) is 0 Å². The van der Waals surface area contributed by atoms with E-state index in [0.29, 0.717) is 16.1 Å². The third-order valence-electron chi connectivity index (χ3n) is 3.07. The van der Waals surface area contributed by atoms with Crippen molar-refractivity contribution in [3.05, 3.63) is 56.5 Å². The second-order valence-corrected chi connectivity index (χ2v) is 7.45. The van der Waals surface area contributed by atoms with Crippen LogP contribution in [0, 0.1) is 0 Å². The molecule has 21 heavy (non-hydrogen) atoms. The van der Waals surface area contributed by atoms with Gasteiger partial charge in [0.15, 0.2) is 0 Å². The average molecular weight is 405 g/mol. The second-order valence-electron chi connectivity index (χ2n) is 4.64. The molecule has 2 aromatic carbocycles. The maximum absolute atomic E-state index is 6.21. The van der Waals surface area contributed by atoms with E-state index in [0.717, 1.165) is 20.8 Å².